The van der Waals surface area contributed by atoms with Crippen molar-refractivity contribution >= 4 is 23.3 Å². The van der Waals surface area contributed by atoms with Crippen LogP contribution in [0.15, 0.2) is 0 Å². The molecule has 2 rings (SSSR count). The van der Waals surface area contributed by atoms with Crippen LogP contribution >= 0.6 is 0 Å². The predicted octanol–water partition coefficient (Wildman–Crippen LogP) is 0.793. The molecule has 0 aliphatic rings. The minimum absolute atomic E-state index is 1.03. The SMILES string of the molecule is O=[N+]([O-])c1nn(N(F)F)c([N+](=O)[O-])c1-c1c([N+](=O)[O-])nn(N(F)F)c1[N+](=O)[O-]. The number of nitro groups is 4. The van der Waals surface area contributed by atoms with Gasteiger partial charge in [-0.15, -0.1) is 0 Å². The van der Waals surface area contributed by atoms with E-state index >= 15 is 0 Å². The summed E-state index contributed by atoms with van der Waals surface area (Å²) in [6.07, 6.45) is 0. The van der Waals surface area contributed by atoms with Gasteiger partial charge in [-0.1, -0.05) is 0 Å². The topological polar surface area (TPSA) is 215 Å². The summed E-state index contributed by atoms with van der Waals surface area (Å²) in [6.45, 7) is 0. The summed E-state index contributed by atoms with van der Waals surface area (Å²) < 4.78 is 51.2. The minimum atomic E-state index is -2.16. The quantitative estimate of drug-likeness (QED) is 0.265. The Labute approximate surface area is 144 Å². The smallest absolute Gasteiger partial charge is 0.358 e. The molecule has 0 amide bonds. The fraction of sp³-hybridized carbons (Fsp3) is 0. The van der Waals surface area contributed by atoms with Crippen LogP contribution in [0.4, 0.5) is 41.2 Å². The highest BCUT2D eigenvalue weighted by molar-refractivity contribution is 5.89. The fourth-order valence-corrected chi connectivity index (χ4v) is 2.02. The van der Waals surface area contributed by atoms with Crippen molar-refractivity contribution in [1.82, 2.24) is 19.8 Å². The Hall–Kier alpha value is -4.66. The average Bonchev–Trinajstić information content (AvgIpc) is 3.13. The van der Waals surface area contributed by atoms with Crippen LogP contribution < -0.4 is 10.9 Å². The summed E-state index contributed by atoms with van der Waals surface area (Å²) in [6, 6.07) is 0. The number of halogens is 4. The first-order valence-electron chi connectivity index (χ1n) is 5.98. The van der Waals surface area contributed by atoms with E-state index in [0.29, 0.717) is 0 Å². The fourth-order valence-electron chi connectivity index (χ4n) is 2.02. The van der Waals surface area contributed by atoms with E-state index in [2.05, 4.69) is 10.2 Å². The number of rotatable bonds is 7. The standard InChI is InChI=1S/C6F4N10O8/c7-19(8)13-5(17(25)26)1(3(11-13)15(21)22)2-4(16(23)24)12-14(20(9)10)6(2)18(27)28. The second-order valence-electron chi connectivity index (χ2n) is 4.28. The molecule has 0 bridgehead atoms. The van der Waals surface area contributed by atoms with Crippen molar-refractivity contribution in [1.29, 1.82) is 0 Å². The summed E-state index contributed by atoms with van der Waals surface area (Å²) in [5.41, 5.74) is -7.95. The second-order valence-corrected chi connectivity index (χ2v) is 4.28. The van der Waals surface area contributed by atoms with Crippen molar-refractivity contribution in [2.45, 2.75) is 0 Å². The van der Waals surface area contributed by atoms with Gasteiger partial charge in [-0.3, -0.25) is 0 Å². The Balaban J connectivity index is 3.15. The number of hydrogen-bond donors (Lipinski definition) is 0. The summed E-state index contributed by atoms with van der Waals surface area (Å²) in [5.74, 6) is -7.93. The van der Waals surface area contributed by atoms with Crippen molar-refractivity contribution in [3.8, 4) is 11.1 Å². The molecule has 0 aromatic carbocycles. The molecule has 0 fully saturated rings. The van der Waals surface area contributed by atoms with Gasteiger partial charge in [-0.05, 0) is 37.6 Å². The van der Waals surface area contributed by atoms with E-state index in [1.165, 1.54) is 0 Å². The molecule has 28 heavy (non-hydrogen) atoms. The molecule has 0 unspecified atom stereocenters. The lowest BCUT2D eigenvalue weighted by Gasteiger charge is -1.99. The van der Waals surface area contributed by atoms with Crippen LogP contribution in [0.25, 0.3) is 11.1 Å². The molecule has 2 aromatic rings. The van der Waals surface area contributed by atoms with Gasteiger partial charge in [0, 0.05) is 0 Å². The van der Waals surface area contributed by atoms with Gasteiger partial charge in [-0.25, -0.2) is 0 Å². The molecule has 0 aliphatic heterocycles. The molecule has 18 nitrogen and oxygen atoms in total. The van der Waals surface area contributed by atoms with E-state index in [4.69, 9.17) is 0 Å². The van der Waals surface area contributed by atoms with Crippen LogP contribution in [0.2, 0.25) is 0 Å². The van der Waals surface area contributed by atoms with E-state index in [1.54, 1.807) is 0 Å². The lowest BCUT2D eigenvalue weighted by atomic mass is 10.1. The third kappa shape index (κ3) is 2.88. The summed E-state index contributed by atoms with van der Waals surface area (Å²) >= 11 is 0. The van der Waals surface area contributed by atoms with Gasteiger partial charge in [0.2, 0.25) is 11.1 Å². The zero-order valence-corrected chi connectivity index (χ0v) is 12.2. The van der Waals surface area contributed by atoms with Gasteiger partial charge in [-0.2, -0.15) is 0 Å². The Morgan fingerprint density at radius 2 is 0.929 bits per heavy atom. The van der Waals surface area contributed by atoms with E-state index in [1.807, 2.05) is 0 Å². The van der Waals surface area contributed by atoms with Gasteiger partial charge in [0.25, 0.3) is 0 Å². The Morgan fingerprint density at radius 3 is 1.11 bits per heavy atom. The van der Waals surface area contributed by atoms with Crippen LogP contribution in [0.1, 0.15) is 0 Å². The molecule has 2 aromatic heterocycles. The van der Waals surface area contributed by atoms with E-state index < -0.39 is 74.6 Å². The highest BCUT2D eigenvalue weighted by atomic mass is 19.4. The van der Waals surface area contributed by atoms with Crippen LogP contribution in [-0.4, -0.2) is 39.5 Å². The van der Waals surface area contributed by atoms with Crippen molar-refractivity contribution in [3.63, 3.8) is 0 Å². The highest BCUT2D eigenvalue weighted by Gasteiger charge is 2.52. The Kier molecular flexibility index (Phi) is 4.62. The normalized spacial score (nSPS) is 10.6. The molecule has 0 spiro atoms. The van der Waals surface area contributed by atoms with Crippen LogP contribution in [0.3, 0.4) is 0 Å². The Bertz CT molecular complexity index is 934. The molecular formula is C6F4N10O8. The third-order valence-electron chi connectivity index (χ3n) is 2.88. The van der Waals surface area contributed by atoms with E-state index in [9.17, 15) is 58.4 Å². The zero-order valence-electron chi connectivity index (χ0n) is 12.2. The van der Waals surface area contributed by atoms with E-state index in [-0.39, 0.29) is 0 Å². The molecular weight excluding hydrogens is 416 g/mol. The molecule has 0 aliphatic carbocycles. The molecule has 0 radical (unpaired) electrons. The molecule has 22 heteroatoms. The van der Waals surface area contributed by atoms with Crippen LogP contribution in [-0.2, 0) is 0 Å². The molecule has 0 saturated heterocycles. The summed E-state index contributed by atoms with van der Waals surface area (Å²) in [5, 5.41) is 49.3. The maximum atomic E-state index is 12.8. The average molecular weight is 416 g/mol. The van der Waals surface area contributed by atoms with Crippen LogP contribution in [0.5, 0.6) is 0 Å². The second kappa shape index (κ2) is 6.57. The predicted molar refractivity (Wildman–Crippen MR) is 70.9 cm³/mol. The van der Waals surface area contributed by atoms with Gasteiger partial charge >= 0.3 is 23.3 Å². The highest BCUT2D eigenvalue weighted by Crippen LogP contribution is 2.46. The largest absolute Gasteiger partial charge is 0.432 e. The first-order chi connectivity index (χ1) is 12.9. The number of hydrogen-bond acceptors (Lipinski definition) is 12. The molecule has 2 heterocycles. The van der Waals surface area contributed by atoms with Gasteiger partial charge in [0.15, 0.2) is 21.1 Å². The van der Waals surface area contributed by atoms with Gasteiger partial charge in [0.05, 0.1) is 0 Å². The van der Waals surface area contributed by atoms with Crippen molar-refractivity contribution in [3.05, 3.63) is 40.5 Å². The lowest BCUT2D eigenvalue weighted by Crippen LogP contribution is -2.19. The Morgan fingerprint density at radius 1 is 0.643 bits per heavy atom. The van der Waals surface area contributed by atoms with Crippen molar-refractivity contribution < 1.29 is 37.6 Å². The first kappa shape index (κ1) is 19.7. The van der Waals surface area contributed by atoms with E-state index in [0.717, 1.165) is 0 Å². The zero-order chi connectivity index (χ0) is 21.5. The maximum Gasteiger partial charge on any atom is 0.432 e. The first-order valence-corrected chi connectivity index (χ1v) is 5.98. The van der Waals surface area contributed by atoms with Gasteiger partial charge in [0.1, 0.15) is 9.58 Å². The molecule has 0 N–H and O–H groups in total. The van der Waals surface area contributed by atoms with Crippen molar-refractivity contribution in [2.24, 2.45) is 0 Å². The maximum absolute atomic E-state index is 12.8. The molecule has 0 atom stereocenters. The van der Waals surface area contributed by atoms with Crippen LogP contribution in [0, 0.1) is 40.5 Å². The van der Waals surface area contributed by atoms with Crippen molar-refractivity contribution in [2.75, 3.05) is 10.9 Å². The summed E-state index contributed by atoms with van der Waals surface area (Å²) in [4.78, 5) is 35.4. The molecule has 0 saturated carbocycles. The monoisotopic (exact) mass is 416 g/mol. The lowest BCUT2D eigenvalue weighted by molar-refractivity contribution is -0.398. The molecule has 150 valence electrons. The number of nitrogens with zero attached hydrogens (tertiary/aromatic N) is 10. The number of aromatic nitrogens is 4. The van der Waals surface area contributed by atoms with Gasteiger partial charge < -0.3 is 40.5 Å². The third-order valence-corrected chi connectivity index (χ3v) is 2.88. The summed E-state index contributed by atoms with van der Waals surface area (Å²) in [7, 11) is 0. The minimum Gasteiger partial charge on any atom is -0.358 e.